The standard InChI is InChI=1S/C14H21BrO/c1-3-14(4-2,12-15)10-11-16-13-8-6-5-7-9-13/h5-9H,3-4,10-12H2,1-2H3. The number of ether oxygens (including phenoxy) is 1. The van der Waals surface area contributed by atoms with Crippen LogP contribution in [0.2, 0.25) is 0 Å². The second kappa shape index (κ2) is 6.95. The molecule has 0 radical (unpaired) electrons. The van der Waals surface area contributed by atoms with Crippen LogP contribution in [-0.4, -0.2) is 11.9 Å². The molecule has 0 fully saturated rings. The summed E-state index contributed by atoms with van der Waals surface area (Å²) < 4.78 is 5.75. The largest absolute Gasteiger partial charge is 0.494 e. The fraction of sp³-hybridized carbons (Fsp3) is 0.571. The van der Waals surface area contributed by atoms with Gasteiger partial charge in [-0.25, -0.2) is 0 Å². The van der Waals surface area contributed by atoms with Gasteiger partial charge in [-0.3, -0.25) is 0 Å². The third kappa shape index (κ3) is 3.82. The summed E-state index contributed by atoms with van der Waals surface area (Å²) in [5, 5.41) is 1.06. The van der Waals surface area contributed by atoms with Gasteiger partial charge in [0.25, 0.3) is 0 Å². The highest BCUT2D eigenvalue weighted by Crippen LogP contribution is 2.32. The maximum atomic E-state index is 5.75. The van der Waals surface area contributed by atoms with Crippen molar-refractivity contribution in [2.75, 3.05) is 11.9 Å². The lowest BCUT2D eigenvalue weighted by molar-refractivity contribution is 0.205. The summed E-state index contributed by atoms with van der Waals surface area (Å²) in [6.45, 7) is 5.32. The SMILES string of the molecule is CCC(CC)(CBr)CCOc1ccccc1. The normalized spacial score (nSPS) is 11.4. The Labute approximate surface area is 107 Å². The quantitative estimate of drug-likeness (QED) is 0.662. The lowest BCUT2D eigenvalue weighted by Gasteiger charge is -2.29. The number of hydrogen-bond donors (Lipinski definition) is 0. The molecule has 0 unspecified atom stereocenters. The molecule has 1 aromatic carbocycles. The third-order valence-electron chi connectivity index (χ3n) is 3.43. The lowest BCUT2D eigenvalue weighted by atomic mass is 9.82. The van der Waals surface area contributed by atoms with Crippen LogP contribution in [0.3, 0.4) is 0 Å². The molecule has 0 amide bonds. The van der Waals surface area contributed by atoms with E-state index in [4.69, 9.17) is 4.74 Å². The molecule has 0 spiro atoms. The highest BCUT2D eigenvalue weighted by molar-refractivity contribution is 9.09. The summed E-state index contributed by atoms with van der Waals surface area (Å²) in [7, 11) is 0. The molecular weight excluding hydrogens is 264 g/mol. The number of alkyl halides is 1. The predicted octanol–water partition coefficient (Wildman–Crippen LogP) is 4.66. The first-order chi connectivity index (χ1) is 7.76. The zero-order chi connectivity index (χ0) is 11.9. The molecule has 2 heteroatoms. The fourth-order valence-corrected chi connectivity index (χ4v) is 2.83. The van der Waals surface area contributed by atoms with Gasteiger partial charge in [0, 0.05) is 5.33 Å². The van der Waals surface area contributed by atoms with Crippen LogP contribution in [0.5, 0.6) is 5.75 Å². The topological polar surface area (TPSA) is 9.23 Å². The van der Waals surface area contributed by atoms with E-state index in [0.717, 1.165) is 24.1 Å². The molecule has 0 saturated heterocycles. The lowest BCUT2D eigenvalue weighted by Crippen LogP contribution is -2.23. The van der Waals surface area contributed by atoms with Crippen LogP contribution in [0.4, 0.5) is 0 Å². The van der Waals surface area contributed by atoms with Gasteiger partial charge in [-0.05, 0) is 36.8 Å². The van der Waals surface area contributed by atoms with Gasteiger partial charge in [0.15, 0.2) is 0 Å². The molecule has 0 aromatic heterocycles. The van der Waals surface area contributed by atoms with Gasteiger partial charge in [0.1, 0.15) is 5.75 Å². The monoisotopic (exact) mass is 284 g/mol. The molecule has 90 valence electrons. The highest BCUT2D eigenvalue weighted by Gasteiger charge is 2.24. The molecule has 0 saturated carbocycles. The summed E-state index contributed by atoms with van der Waals surface area (Å²) in [6, 6.07) is 10.0. The molecule has 0 aliphatic carbocycles. The summed E-state index contributed by atoms with van der Waals surface area (Å²) >= 11 is 3.62. The third-order valence-corrected chi connectivity index (χ3v) is 4.62. The molecule has 1 nitrogen and oxygen atoms in total. The van der Waals surface area contributed by atoms with Crippen molar-refractivity contribution in [1.29, 1.82) is 0 Å². The Bertz CT molecular complexity index is 272. The molecule has 1 aromatic rings. The molecule has 0 aliphatic heterocycles. The van der Waals surface area contributed by atoms with Crippen LogP contribution in [0.15, 0.2) is 30.3 Å². The molecule has 0 N–H and O–H groups in total. The average Bonchev–Trinajstić information content (AvgIpc) is 2.37. The molecule has 0 heterocycles. The first kappa shape index (κ1) is 13.6. The zero-order valence-corrected chi connectivity index (χ0v) is 11.8. The number of hydrogen-bond acceptors (Lipinski definition) is 1. The van der Waals surface area contributed by atoms with Crippen molar-refractivity contribution < 1.29 is 4.74 Å². The van der Waals surface area contributed by atoms with E-state index in [1.807, 2.05) is 30.3 Å². The van der Waals surface area contributed by atoms with E-state index in [-0.39, 0.29) is 0 Å². The van der Waals surface area contributed by atoms with Crippen molar-refractivity contribution in [3.63, 3.8) is 0 Å². The fourth-order valence-electron chi connectivity index (χ4n) is 1.76. The minimum absolute atomic E-state index is 0.398. The van der Waals surface area contributed by atoms with Crippen LogP contribution in [0.25, 0.3) is 0 Å². The Balaban J connectivity index is 2.39. The maximum Gasteiger partial charge on any atom is 0.119 e. The Morgan fingerprint density at radius 2 is 1.75 bits per heavy atom. The summed E-state index contributed by atoms with van der Waals surface area (Å²) in [5.41, 5.74) is 0.398. The van der Waals surface area contributed by atoms with Crippen LogP contribution < -0.4 is 4.74 Å². The molecule has 0 bridgehead atoms. The van der Waals surface area contributed by atoms with E-state index in [2.05, 4.69) is 29.8 Å². The van der Waals surface area contributed by atoms with Gasteiger partial charge < -0.3 is 4.74 Å². The van der Waals surface area contributed by atoms with Crippen LogP contribution in [0.1, 0.15) is 33.1 Å². The van der Waals surface area contributed by atoms with E-state index >= 15 is 0 Å². The number of para-hydroxylation sites is 1. The number of rotatable bonds is 7. The van der Waals surface area contributed by atoms with Gasteiger partial charge in [0.05, 0.1) is 6.61 Å². The van der Waals surface area contributed by atoms with E-state index in [0.29, 0.717) is 5.41 Å². The first-order valence-corrected chi connectivity index (χ1v) is 7.12. The van der Waals surface area contributed by atoms with Gasteiger partial charge in [-0.15, -0.1) is 0 Å². The van der Waals surface area contributed by atoms with Gasteiger partial charge >= 0.3 is 0 Å². The molecule has 0 atom stereocenters. The van der Waals surface area contributed by atoms with Crippen molar-refractivity contribution >= 4 is 15.9 Å². The van der Waals surface area contributed by atoms with Gasteiger partial charge in [0.2, 0.25) is 0 Å². The van der Waals surface area contributed by atoms with E-state index in [1.54, 1.807) is 0 Å². The summed E-state index contributed by atoms with van der Waals surface area (Å²) in [5.74, 6) is 0.971. The van der Waals surface area contributed by atoms with Crippen molar-refractivity contribution in [3.05, 3.63) is 30.3 Å². The van der Waals surface area contributed by atoms with Gasteiger partial charge in [-0.2, -0.15) is 0 Å². The Kier molecular flexibility index (Phi) is 5.89. The predicted molar refractivity (Wildman–Crippen MR) is 73.4 cm³/mol. The zero-order valence-electron chi connectivity index (χ0n) is 10.2. The van der Waals surface area contributed by atoms with Crippen molar-refractivity contribution in [2.45, 2.75) is 33.1 Å². The van der Waals surface area contributed by atoms with Crippen molar-refractivity contribution in [3.8, 4) is 5.75 Å². The number of benzene rings is 1. The second-order valence-corrected chi connectivity index (χ2v) is 4.81. The van der Waals surface area contributed by atoms with Crippen molar-refractivity contribution in [1.82, 2.24) is 0 Å². The van der Waals surface area contributed by atoms with Gasteiger partial charge in [-0.1, -0.05) is 48.0 Å². The minimum Gasteiger partial charge on any atom is -0.494 e. The Morgan fingerprint density at radius 1 is 1.12 bits per heavy atom. The molecule has 16 heavy (non-hydrogen) atoms. The first-order valence-electron chi connectivity index (χ1n) is 6.00. The number of halogens is 1. The minimum atomic E-state index is 0.398. The Hall–Kier alpha value is -0.500. The molecule has 0 aliphatic rings. The van der Waals surface area contributed by atoms with Crippen LogP contribution in [-0.2, 0) is 0 Å². The summed E-state index contributed by atoms with van der Waals surface area (Å²) in [6.07, 6.45) is 3.51. The van der Waals surface area contributed by atoms with Crippen molar-refractivity contribution in [2.24, 2.45) is 5.41 Å². The molecular formula is C14H21BrO. The van der Waals surface area contributed by atoms with E-state index in [9.17, 15) is 0 Å². The summed E-state index contributed by atoms with van der Waals surface area (Å²) in [4.78, 5) is 0. The Morgan fingerprint density at radius 3 is 2.25 bits per heavy atom. The highest BCUT2D eigenvalue weighted by atomic mass is 79.9. The second-order valence-electron chi connectivity index (χ2n) is 4.25. The maximum absolute atomic E-state index is 5.75. The van der Waals surface area contributed by atoms with Crippen LogP contribution >= 0.6 is 15.9 Å². The smallest absolute Gasteiger partial charge is 0.119 e. The van der Waals surface area contributed by atoms with E-state index < -0.39 is 0 Å². The molecule has 1 rings (SSSR count). The van der Waals surface area contributed by atoms with Crippen LogP contribution in [0, 0.1) is 5.41 Å². The average molecular weight is 285 g/mol. The van der Waals surface area contributed by atoms with E-state index in [1.165, 1.54) is 12.8 Å².